The molecule has 3 heteroatoms. The van der Waals surface area contributed by atoms with Gasteiger partial charge in [-0.1, -0.05) is 37.3 Å². The number of aliphatic hydroxyl groups is 1. The molecule has 0 aliphatic carbocycles. The van der Waals surface area contributed by atoms with Crippen molar-refractivity contribution in [3.05, 3.63) is 35.9 Å². The number of hydrogen-bond acceptors (Lipinski definition) is 2. The second-order valence-corrected chi connectivity index (χ2v) is 3.21. The number of aliphatic carboxylic acids is 1. The average molecular weight is 194 g/mol. The van der Waals surface area contributed by atoms with Gasteiger partial charge in [0.1, 0.15) is 0 Å². The minimum Gasteiger partial charge on any atom is -0.481 e. The van der Waals surface area contributed by atoms with E-state index in [2.05, 4.69) is 0 Å². The summed E-state index contributed by atoms with van der Waals surface area (Å²) in [6.07, 6.45) is -0.496. The number of carbonyl (C=O) groups is 1. The second-order valence-electron chi connectivity index (χ2n) is 3.21. The van der Waals surface area contributed by atoms with Crippen LogP contribution in [0.1, 0.15) is 25.0 Å². The zero-order chi connectivity index (χ0) is 10.6. The lowest BCUT2D eigenvalue weighted by atomic mass is 9.94. The molecule has 2 N–H and O–H groups in total. The van der Waals surface area contributed by atoms with Crippen molar-refractivity contribution in [1.29, 1.82) is 0 Å². The first-order valence-electron chi connectivity index (χ1n) is 4.62. The molecule has 0 saturated heterocycles. The van der Waals surface area contributed by atoms with E-state index in [1.165, 1.54) is 0 Å². The number of rotatable bonds is 4. The maximum Gasteiger partial charge on any atom is 0.309 e. The van der Waals surface area contributed by atoms with Crippen LogP contribution in [0.3, 0.4) is 0 Å². The number of carboxylic acids is 1. The summed E-state index contributed by atoms with van der Waals surface area (Å²) in [5, 5.41) is 18.6. The van der Waals surface area contributed by atoms with E-state index in [0.717, 1.165) is 0 Å². The smallest absolute Gasteiger partial charge is 0.309 e. The highest BCUT2D eigenvalue weighted by Crippen LogP contribution is 2.24. The lowest BCUT2D eigenvalue weighted by molar-refractivity contribution is -0.146. The number of benzene rings is 1. The van der Waals surface area contributed by atoms with Crippen LogP contribution >= 0.6 is 0 Å². The maximum atomic E-state index is 10.8. The Morgan fingerprint density at radius 1 is 1.36 bits per heavy atom. The van der Waals surface area contributed by atoms with Crippen LogP contribution in [0.25, 0.3) is 0 Å². The normalized spacial score (nSPS) is 14.7. The Kier molecular flexibility index (Phi) is 3.65. The standard InChI is InChI=1S/C11H14O3/c1-2-9(11(13)14)10(12)8-6-4-3-5-7-8/h3-7,9-10,12H,2H2,1H3,(H,13,14)/t9-,10-/m0/s1. The summed E-state index contributed by atoms with van der Waals surface area (Å²) >= 11 is 0. The number of aliphatic hydroxyl groups excluding tert-OH is 1. The lowest BCUT2D eigenvalue weighted by Gasteiger charge is -2.17. The van der Waals surface area contributed by atoms with Crippen molar-refractivity contribution in [2.45, 2.75) is 19.4 Å². The molecule has 0 saturated carbocycles. The highest BCUT2D eigenvalue weighted by Gasteiger charge is 2.25. The molecule has 76 valence electrons. The molecule has 1 aromatic carbocycles. The van der Waals surface area contributed by atoms with E-state index < -0.39 is 18.0 Å². The fourth-order valence-corrected chi connectivity index (χ4v) is 1.42. The molecular weight excluding hydrogens is 180 g/mol. The van der Waals surface area contributed by atoms with E-state index in [9.17, 15) is 9.90 Å². The molecule has 0 unspecified atom stereocenters. The van der Waals surface area contributed by atoms with E-state index in [4.69, 9.17) is 5.11 Å². The van der Waals surface area contributed by atoms with Crippen LogP contribution in [-0.2, 0) is 4.79 Å². The van der Waals surface area contributed by atoms with Gasteiger partial charge in [0.15, 0.2) is 0 Å². The summed E-state index contributed by atoms with van der Waals surface area (Å²) in [6.45, 7) is 1.75. The SMILES string of the molecule is CC[C@H](C(=O)O)[C@@H](O)c1ccccc1. The van der Waals surface area contributed by atoms with Gasteiger partial charge in [-0.15, -0.1) is 0 Å². The molecule has 3 nitrogen and oxygen atoms in total. The maximum absolute atomic E-state index is 10.8. The Labute approximate surface area is 83.0 Å². The van der Waals surface area contributed by atoms with Gasteiger partial charge in [0.05, 0.1) is 12.0 Å². The number of hydrogen-bond donors (Lipinski definition) is 2. The van der Waals surface area contributed by atoms with Crippen LogP contribution in [-0.4, -0.2) is 16.2 Å². The van der Waals surface area contributed by atoms with Gasteiger partial charge in [-0.2, -0.15) is 0 Å². The van der Waals surface area contributed by atoms with Crippen molar-refractivity contribution in [3.8, 4) is 0 Å². The molecule has 0 spiro atoms. The lowest BCUT2D eigenvalue weighted by Crippen LogP contribution is -2.21. The summed E-state index contributed by atoms with van der Waals surface area (Å²) in [5.74, 6) is -1.68. The predicted octanol–water partition coefficient (Wildman–Crippen LogP) is 1.83. The molecule has 0 bridgehead atoms. The zero-order valence-corrected chi connectivity index (χ0v) is 8.05. The van der Waals surface area contributed by atoms with Crippen molar-refractivity contribution < 1.29 is 15.0 Å². The average Bonchev–Trinajstić information content (AvgIpc) is 2.19. The molecule has 2 atom stereocenters. The third-order valence-electron chi connectivity index (χ3n) is 2.28. The van der Waals surface area contributed by atoms with E-state index in [1.54, 1.807) is 31.2 Å². The van der Waals surface area contributed by atoms with Crippen molar-refractivity contribution in [2.24, 2.45) is 5.92 Å². The van der Waals surface area contributed by atoms with Crippen molar-refractivity contribution in [2.75, 3.05) is 0 Å². The fraction of sp³-hybridized carbons (Fsp3) is 0.364. The molecule has 1 rings (SSSR count). The van der Waals surface area contributed by atoms with Crippen LogP contribution in [0.2, 0.25) is 0 Å². The Morgan fingerprint density at radius 2 is 1.93 bits per heavy atom. The predicted molar refractivity (Wildman–Crippen MR) is 52.8 cm³/mol. The molecule has 14 heavy (non-hydrogen) atoms. The molecule has 1 aromatic rings. The van der Waals surface area contributed by atoms with Gasteiger partial charge < -0.3 is 10.2 Å². The summed E-state index contributed by atoms with van der Waals surface area (Å²) in [7, 11) is 0. The molecule has 0 radical (unpaired) electrons. The Balaban J connectivity index is 2.83. The van der Waals surface area contributed by atoms with Crippen LogP contribution in [0.15, 0.2) is 30.3 Å². The van der Waals surface area contributed by atoms with Gasteiger partial charge in [-0.05, 0) is 12.0 Å². The van der Waals surface area contributed by atoms with Crippen molar-refractivity contribution in [3.63, 3.8) is 0 Å². The summed E-state index contributed by atoms with van der Waals surface area (Å²) in [6, 6.07) is 8.87. The van der Waals surface area contributed by atoms with Gasteiger partial charge in [0.25, 0.3) is 0 Å². The fourth-order valence-electron chi connectivity index (χ4n) is 1.42. The third kappa shape index (κ3) is 2.33. The van der Waals surface area contributed by atoms with Gasteiger partial charge in [-0.3, -0.25) is 4.79 Å². The zero-order valence-electron chi connectivity index (χ0n) is 8.05. The Bertz CT molecular complexity index is 295. The first-order valence-corrected chi connectivity index (χ1v) is 4.62. The van der Waals surface area contributed by atoms with Crippen LogP contribution < -0.4 is 0 Å². The summed E-state index contributed by atoms with van der Waals surface area (Å²) in [4.78, 5) is 10.8. The largest absolute Gasteiger partial charge is 0.481 e. The van der Waals surface area contributed by atoms with Crippen LogP contribution in [0, 0.1) is 5.92 Å². The molecule has 0 aliphatic rings. The topological polar surface area (TPSA) is 57.5 Å². The molecule has 0 aliphatic heterocycles. The van der Waals surface area contributed by atoms with Gasteiger partial charge in [-0.25, -0.2) is 0 Å². The monoisotopic (exact) mass is 194 g/mol. The molecule has 0 amide bonds. The molecule has 0 fully saturated rings. The minimum absolute atomic E-state index is 0.422. The van der Waals surface area contributed by atoms with E-state index in [1.807, 2.05) is 6.07 Å². The highest BCUT2D eigenvalue weighted by atomic mass is 16.4. The molecular formula is C11H14O3. The number of carboxylic acid groups (broad SMARTS) is 1. The Morgan fingerprint density at radius 3 is 2.36 bits per heavy atom. The first kappa shape index (κ1) is 10.7. The Hall–Kier alpha value is -1.35. The van der Waals surface area contributed by atoms with Gasteiger partial charge >= 0.3 is 5.97 Å². The summed E-state index contributed by atoms with van der Waals surface area (Å²) in [5.41, 5.74) is 0.654. The van der Waals surface area contributed by atoms with Crippen molar-refractivity contribution in [1.82, 2.24) is 0 Å². The second kappa shape index (κ2) is 4.77. The van der Waals surface area contributed by atoms with Crippen molar-refractivity contribution >= 4 is 5.97 Å². The quantitative estimate of drug-likeness (QED) is 0.768. The third-order valence-corrected chi connectivity index (χ3v) is 2.28. The molecule has 0 heterocycles. The van der Waals surface area contributed by atoms with E-state index in [-0.39, 0.29) is 0 Å². The molecule has 0 aromatic heterocycles. The highest BCUT2D eigenvalue weighted by molar-refractivity contribution is 5.70. The van der Waals surface area contributed by atoms with Gasteiger partial charge in [0, 0.05) is 0 Å². The van der Waals surface area contributed by atoms with E-state index in [0.29, 0.717) is 12.0 Å². The minimum atomic E-state index is -0.955. The van der Waals surface area contributed by atoms with Crippen LogP contribution in [0.5, 0.6) is 0 Å². The first-order chi connectivity index (χ1) is 6.66. The summed E-state index contributed by atoms with van der Waals surface area (Å²) < 4.78 is 0. The van der Waals surface area contributed by atoms with Gasteiger partial charge in [0.2, 0.25) is 0 Å². The van der Waals surface area contributed by atoms with E-state index >= 15 is 0 Å². The van der Waals surface area contributed by atoms with Crippen LogP contribution in [0.4, 0.5) is 0 Å².